The highest BCUT2D eigenvalue weighted by Gasteiger charge is 2.50. The van der Waals surface area contributed by atoms with E-state index in [0.717, 1.165) is 4.57 Å². The van der Waals surface area contributed by atoms with Crippen molar-refractivity contribution < 1.29 is 52.4 Å². The van der Waals surface area contributed by atoms with Crippen molar-refractivity contribution in [2.75, 3.05) is 7.11 Å². The van der Waals surface area contributed by atoms with Gasteiger partial charge in [0.2, 0.25) is 0 Å². The lowest BCUT2D eigenvalue weighted by molar-refractivity contribution is -0.297. The summed E-state index contributed by atoms with van der Waals surface area (Å²) in [5.41, 5.74) is -2.58. The molecule has 1 aromatic rings. The summed E-state index contributed by atoms with van der Waals surface area (Å²) in [5, 5.41) is 0. The maximum absolute atomic E-state index is 14.1. The highest BCUT2D eigenvalue weighted by Crippen LogP contribution is 2.38. The predicted octanol–water partition coefficient (Wildman–Crippen LogP) is 4.84. The fourth-order valence-corrected chi connectivity index (χ4v) is 6.91. The molecular formula is C35H52N2O11. The molecule has 268 valence electrons. The molecule has 3 heterocycles. The lowest BCUT2D eigenvalue weighted by atomic mass is 9.77. The molecule has 1 fully saturated rings. The predicted molar refractivity (Wildman–Crippen MR) is 173 cm³/mol. The minimum Gasteiger partial charge on any atom is -0.457 e. The molecule has 2 aliphatic rings. The van der Waals surface area contributed by atoms with Crippen LogP contribution < -0.4 is 0 Å². The van der Waals surface area contributed by atoms with E-state index < -0.39 is 77.4 Å². The average Bonchev–Trinajstić information content (AvgIpc) is 3.57. The monoisotopic (exact) mass is 676 g/mol. The molecule has 0 aromatic carbocycles. The molecule has 0 aliphatic carbocycles. The van der Waals surface area contributed by atoms with Gasteiger partial charge in [-0.15, -0.1) is 0 Å². The second-order valence-corrected chi connectivity index (χ2v) is 13.7. The number of carbonyl (C=O) groups excluding carboxylic acids is 5. The van der Waals surface area contributed by atoms with Gasteiger partial charge >= 0.3 is 18.0 Å². The number of ketones is 2. The van der Waals surface area contributed by atoms with Gasteiger partial charge in [-0.2, -0.15) is 0 Å². The largest absolute Gasteiger partial charge is 0.457 e. The summed E-state index contributed by atoms with van der Waals surface area (Å²) in [6, 6.07) is 0. The third-order valence-electron chi connectivity index (χ3n) is 9.58. The summed E-state index contributed by atoms with van der Waals surface area (Å²) in [6.45, 7) is 16.6. The number of hydrogen-bond donors (Lipinski definition) is 0. The number of esters is 2. The molecule has 0 saturated carbocycles. The van der Waals surface area contributed by atoms with Crippen LogP contribution in [0.15, 0.2) is 30.4 Å². The zero-order valence-corrected chi connectivity index (χ0v) is 30.0. The molecule has 13 nitrogen and oxygen atoms in total. The second kappa shape index (κ2) is 15.9. The minimum absolute atomic E-state index is 0.105. The Bertz CT molecular complexity index is 1360. The van der Waals surface area contributed by atoms with Crippen LogP contribution >= 0.6 is 0 Å². The Hall–Kier alpha value is -3.42. The number of aromatic nitrogens is 2. The van der Waals surface area contributed by atoms with Gasteiger partial charge in [-0.05, 0) is 65.5 Å². The average molecular weight is 677 g/mol. The molecule has 1 aromatic heterocycles. The zero-order valence-electron chi connectivity index (χ0n) is 30.0. The third-order valence-corrected chi connectivity index (χ3v) is 9.58. The van der Waals surface area contributed by atoms with Gasteiger partial charge in [0.25, 0.3) is 0 Å². The summed E-state index contributed by atoms with van der Waals surface area (Å²) in [5.74, 6) is -5.12. The Morgan fingerprint density at radius 3 is 2.33 bits per heavy atom. The number of ether oxygens (including phenoxy) is 6. The van der Waals surface area contributed by atoms with Gasteiger partial charge in [-0.1, -0.05) is 27.7 Å². The Kier molecular flexibility index (Phi) is 12.9. The minimum atomic E-state index is -1.59. The molecule has 13 heteroatoms. The standard InChI is InChI=1S/C35H52N2O11/c1-12-26-34(9,48-33(42)37-14-13-36-18-37)16-20(3)27(39)21(4)17-35(10,43-11)30(23(6)28(40)24(7)31(41)46-26)47-32-29(45-25(8)38)19(2)15-22(5)44-32/h13-14,16,18-19,21-24,26,29-30,32H,12,15,17H2,1-11H3/t19-,21+,22+,23-,24+,26+,29+,30+,32?,34-,35+/m0/s1. The molecule has 0 radical (unpaired) electrons. The number of carbonyl (C=O) groups is 5. The summed E-state index contributed by atoms with van der Waals surface area (Å²) in [4.78, 5) is 70.8. The van der Waals surface area contributed by atoms with Crippen molar-refractivity contribution in [1.29, 1.82) is 0 Å². The molecule has 3 rings (SSSR count). The SMILES string of the molecule is CC[C@H]1OC(=O)[C@H](C)C(=O)[C@H](C)[C@@H](OC2O[C@H](C)C[C@H](C)[C@H]2OC(C)=O)[C@](C)(OC)C[C@@H](C)C(=O)C(C)=C[C@]1(C)OC(=O)n1ccnc1. The van der Waals surface area contributed by atoms with E-state index in [9.17, 15) is 24.0 Å². The molecule has 0 bridgehead atoms. The Balaban J connectivity index is 2.12. The van der Waals surface area contributed by atoms with Crippen LogP contribution in [0, 0.1) is 23.7 Å². The Morgan fingerprint density at radius 2 is 1.77 bits per heavy atom. The normalized spacial score (nSPS) is 37.2. The summed E-state index contributed by atoms with van der Waals surface area (Å²) >= 11 is 0. The van der Waals surface area contributed by atoms with Crippen LogP contribution in [0.5, 0.6) is 0 Å². The van der Waals surface area contributed by atoms with Gasteiger partial charge in [-0.3, -0.25) is 19.2 Å². The van der Waals surface area contributed by atoms with Gasteiger partial charge in [0.15, 0.2) is 29.6 Å². The van der Waals surface area contributed by atoms with E-state index in [0.29, 0.717) is 6.42 Å². The van der Waals surface area contributed by atoms with Crippen molar-refractivity contribution in [1.82, 2.24) is 9.55 Å². The maximum Gasteiger partial charge on any atom is 0.420 e. The second-order valence-electron chi connectivity index (χ2n) is 13.7. The molecular weight excluding hydrogens is 624 g/mol. The number of hydrogen-bond acceptors (Lipinski definition) is 12. The summed E-state index contributed by atoms with van der Waals surface area (Å²) in [6.07, 6.45) is 1.56. The third kappa shape index (κ3) is 8.78. The molecule has 0 spiro atoms. The first-order chi connectivity index (χ1) is 22.4. The molecule has 48 heavy (non-hydrogen) atoms. The van der Waals surface area contributed by atoms with Crippen LogP contribution in [-0.2, 0) is 47.6 Å². The molecule has 0 amide bonds. The van der Waals surface area contributed by atoms with E-state index in [1.165, 1.54) is 45.8 Å². The van der Waals surface area contributed by atoms with E-state index in [-0.39, 0.29) is 36.2 Å². The number of Topliss-reactive ketones (excluding diaryl/α,β-unsaturated/α-hetero) is 2. The lowest BCUT2D eigenvalue weighted by Gasteiger charge is -2.46. The molecule has 11 atom stereocenters. The first-order valence-corrected chi connectivity index (χ1v) is 16.6. The van der Waals surface area contributed by atoms with Crippen molar-refractivity contribution in [2.24, 2.45) is 23.7 Å². The van der Waals surface area contributed by atoms with E-state index in [1.807, 2.05) is 13.8 Å². The molecule has 0 N–H and O–H groups in total. The number of cyclic esters (lactones) is 1. The van der Waals surface area contributed by atoms with Crippen LogP contribution in [0.3, 0.4) is 0 Å². The van der Waals surface area contributed by atoms with Gasteiger partial charge in [0.05, 0.1) is 17.8 Å². The van der Waals surface area contributed by atoms with Crippen LogP contribution in [-0.4, -0.2) is 88.2 Å². The van der Waals surface area contributed by atoms with E-state index in [2.05, 4.69) is 4.98 Å². The number of nitrogens with zero attached hydrogens (tertiary/aromatic N) is 2. The van der Waals surface area contributed by atoms with Crippen molar-refractivity contribution in [3.63, 3.8) is 0 Å². The summed E-state index contributed by atoms with van der Waals surface area (Å²) < 4.78 is 37.3. The van der Waals surface area contributed by atoms with Crippen molar-refractivity contribution in [3.05, 3.63) is 30.4 Å². The number of allylic oxidation sites excluding steroid dienone is 1. The smallest absolute Gasteiger partial charge is 0.420 e. The fourth-order valence-electron chi connectivity index (χ4n) is 6.91. The van der Waals surface area contributed by atoms with Gasteiger partial charge in [-0.25, -0.2) is 14.3 Å². The Labute approximate surface area is 283 Å². The van der Waals surface area contributed by atoms with Crippen molar-refractivity contribution in [3.8, 4) is 0 Å². The van der Waals surface area contributed by atoms with Gasteiger partial charge < -0.3 is 28.4 Å². The van der Waals surface area contributed by atoms with E-state index in [1.54, 1.807) is 41.5 Å². The van der Waals surface area contributed by atoms with Crippen LogP contribution in [0.1, 0.15) is 88.5 Å². The first kappa shape index (κ1) is 39.0. The molecule has 1 unspecified atom stereocenters. The zero-order chi connectivity index (χ0) is 36.1. The highest BCUT2D eigenvalue weighted by atomic mass is 16.7. The van der Waals surface area contributed by atoms with Crippen LogP contribution in [0.4, 0.5) is 4.79 Å². The fraction of sp³-hybridized carbons (Fsp3) is 0.714. The van der Waals surface area contributed by atoms with E-state index in [4.69, 9.17) is 28.4 Å². The number of methoxy groups -OCH3 is 1. The van der Waals surface area contributed by atoms with Crippen LogP contribution in [0.2, 0.25) is 0 Å². The quantitative estimate of drug-likeness (QED) is 0.230. The number of rotatable bonds is 6. The van der Waals surface area contributed by atoms with Crippen molar-refractivity contribution in [2.45, 2.75) is 130 Å². The first-order valence-electron chi connectivity index (χ1n) is 16.6. The van der Waals surface area contributed by atoms with E-state index >= 15 is 0 Å². The summed E-state index contributed by atoms with van der Waals surface area (Å²) in [7, 11) is 1.46. The maximum atomic E-state index is 14.1. The molecule has 1 saturated heterocycles. The highest BCUT2D eigenvalue weighted by molar-refractivity contribution is 6.00. The topological polar surface area (TPSA) is 159 Å². The van der Waals surface area contributed by atoms with Crippen LogP contribution in [0.25, 0.3) is 0 Å². The number of imidazole rings is 1. The van der Waals surface area contributed by atoms with Gasteiger partial charge in [0.1, 0.15) is 18.3 Å². The lowest BCUT2D eigenvalue weighted by Crippen LogP contribution is -2.57. The Morgan fingerprint density at radius 1 is 1.10 bits per heavy atom. The van der Waals surface area contributed by atoms with Crippen molar-refractivity contribution >= 4 is 29.6 Å². The molecule has 2 aliphatic heterocycles. The van der Waals surface area contributed by atoms with Gasteiger partial charge in [0, 0.05) is 44.2 Å².